The van der Waals surface area contributed by atoms with Gasteiger partial charge in [0.25, 0.3) is 5.88 Å². The first-order valence-corrected chi connectivity index (χ1v) is 5.39. The van der Waals surface area contributed by atoms with Crippen molar-refractivity contribution < 1.29 is 9.66 Å². The number of aromatic nitrogens is 4. The summed E-state index contributed by atoms with van der Waals surface area (Å²) in [5.41, 5.74) is 1.49. The summed E-state index contributed by atoms with van der Waals surface area (Å²) in [6.07, 6.45) is 2.85. The maximum Gasteiger partial charge on any atom is 0.372 e. The number of hydrogen-bond acceptors (Lipinski definition) is 7. The molecule has 0 fully saturated rings. The molecule has 0 saturated heterocycles. The largest absolute Gasteiger partial charge is 0.476 e. The van der Waals surface area contributed by atoms with Gasteiger partial charge in [0.15, 0.2) is 0 Å². The van der Waals surface area contributed by atoms with Crippen molar-refractivity contribution >= 4 is 11.5 Å². The van der Waals surface area contributed by atoms with E-state index in [1.54, 1.807) is 6.20 Å². The number of ether oxygens (including phenoxy) is 1. The van der Waals surface area contributed by atoms with Crippen LogP contribution in [0.25, 0.3) is 0 Å². The molecule has 0 bridgehead atoms. The van der Waals surface area contributed by atoms with E-state index in [1.165, 1.54) is 13.4 Å². The number of anilines is 1. The van der Waals surface area contributed by atoms with E-state index in [-0.39, 0.29) is 17.4 Å². The van der Waals surface area contributed by atoms with Gasteiger partial charge in [-0.1, -0.05) is 0 Å². The number of nitrogens with one attached hydrogen (secondary N) is 2. The molecule has 0 amide bonds. The summed E-state index contributed by atoms with van der Waals surface area (Å²) < 4.78 is 4.86. The van der Waals surface area contributed by atoms with Crippen molar-refractivity contribution in [3.05, 3.63) is 33.9 Å². The minimum Gasteiger partial charge on any atom is -0.476 e. The summed E-state index contributed by atoms with van der Waals surface area (Å²) in [5, 5.41) is 20.5. The number of methoxy groups -OCH3 is 1. The fraction of sp³-hybridized carbons (Fsp3) is 0.300. The quantitative estimate of drug-likeness (QED) is 0.611. The summed E-state index contributed by atoms with van der Waals surface area (Å²) in [4.78, 5) is 18.0. The Bertz CT molecular complexity index is 597. The third-order valence-electron chi connectivity index (χ3n) is 2.55. The Morgan fingerprint density at radius 2 is 2.32 bits per heavy atom. The molecule has 2 rings (SSSR count). The van der Waals surface area contributed by atoms with E-state index in [9.17, 15) is 10.1 Å². The van der Waals surface area contributed by atoms with Crippen molar-refractivity contribution in [2.24, 2.45) is 0 Å². The molecule has 2 aromatic heterocycles. The normalized spacial score (nSPS) is 10.2. The standard InChI is InChI=1S/C10H12N6O3/c1-6-7(4-14-15-6)3-11-9-8(16(17)18)10(19-2)13-5-12-9/h4-5H,3H2,1-2H3,(H,14,15)(H,11,12,13). The minimum absolute atomic E-state index is 0.0774. The number of rotatable bonds is 5. The first-order chi connectivity index (χ1) is 9.13. The van der Waals surface area contributed by atoms with Crippen LogP contribution in [0.3, 0.4) is 0 Å². The predicted molar refractivity (Wildman–Crippen MR) is 65.9 cm³/mol. The van der Waals surface area contributed by atoms with Crippen LogP contribution in [-0.4, -0.2) is 32.2 Å². The van der Waals surface area contributed by atoms with Crippen LogP contribution in [0.1, 0.15) is 11.3 Å². The molecular weight excluding hydrogens is 252 g/mol. The van der Waals surface area contributed by atoms with Crippen LogP contribution in [0.4, 0.5) is 11.5 Å². The maximum atomic E-state index is 11.0. The molecule has 0 atom stereocenters. The lowest BCUT2D eigenvalue weighted by Crippen LogP contribution is -2.07. The lowest BCUT2D eigenvalue weighted by molar-refractivity contribution is -0.385. The zero-order valence-corrected chi connectivity index (χ0v) is 10.4. The second-order valence-electron chi connectivity index (χ2n) is 3.71. The molecule has 2 aromatic rings. The van der Waals surface area contributed by atoms with Gasteiger partial charge in [-0.25, -0.2) is 4.98 Å². The molecule has 0 aliphatic heterocycles. The van der Waals surface area contributed by atoms with Gasteiger partial charge in [0.05, 0.1) is 18.2 Å². The van der Waals surface area contributed by atoms with Crippen molar-refractivity contribution in [1.29, 1.82) is 0 Å². The lowest BCUT2D eigenvalue weighted by Gasteiger charge is -2.07. The number of nitrogens with zero attached hydrogens (tertiary/aromatic N) is 4. The highest BCUT2D eigenvalue weighted by Crippen LogP contribution is 2.30. The van der Waals surface area contributed by atoms with Gasteiger partial charge in [-0.3, -0.25) is 15.2 Å². The molecule has 0 aliphatic rings. The molecule has 0 aliphatic carbocycles. The average molecular weight is 264 g/mol. The molecule has 0 aromatic carbocycles. The molecule has 9 nitrogen and oxygen atoms in total. The van der Waals surface area contributed by atoms with Gasteiger partial charge in [-0.2, -0.15) is 10.1 Å². The van der Waals surface area contributed by atoms with Gasteiger partial charge in [0.2, 0.25) is 5.82 Å². The third kappa shape index (κ3) is 2.59. The van der Waals surface area contributed by atoms with Gasteiger partial charge in [-0.15, -0.1) is 0 Å². The Kier molecular flexibility index (Phi) is 3.55. The maximum absolute atomic E-state index is 11.0. The summed E-state index contributed by atoms with van der Waals surface area (Å²) in [6.45, 7) is 2.22. The number of nitro groups is 1. The number of hydrogen-bond donors (Lipinski definition) is 2. The third-order valence-corrected chi connectivity index (χ3v) is 2.55. The molecule has 19 heavy (non-hydrogen) atoms. The Morgan fingerprint density at radius 1 is 1.53 bits per heavy atom. The van der Waals surface area contributed by atoms with Crippen LogP contribution in [0.2, 0.25) is 0 Å². The summed E-state index contributed by atoms with van der Waals surface area (Å²) in [5.74, 6) is 0.0314. The Balaban J connectivity index is 2.25. The van der Waals surface area contributed by atoms with E-state index >= 15 is 0 Å². The Labute approximate surface area is 108 Å². The topological polar surface area (TPSA) is 119 Å². The molecule has 0 saturated carbocycles. The smallest absolute Gasteiger partial charge is 0.372 e. The van der Waals surface area contributed by atoms with E-state index < -0.39 is 4.92 Å². The lowest BCUT2D eigenvalue weighted by atomic mass is 10.2. The Morgan fingerprint density at radius 3 is 2.89 bits per heavy atom. The zero-order valence-electron chi connectivity index (χ0n) is 10.4. The van der Waals surface area contributed by atoms with Crippen molar-refractivity contribution in [1.82, 2.24) is 20.2 Å². The van der Waals surface area contributed by atoms with Crippen LogP contribution in [0.15, 0.2) is 12.5 Å². The molecular formula is C10H12N6O3. The monoisotopic (exact) mass is 264 g/mol. The van der Waals surface area contributed by atoms with Crippen LogP contribution in [-0.2, 0) is 6.54 Å². The van der Waals surface area contributed by atoms with Crippen molar-refractivity contribution in [2.45, 2.75) is 13.5 Å². The van der Waals surface area contributed by atoms with Crippen LogP contribution in [0, 0.1) is 17.0 Å². The fourth-order valence-electron chi connectivity index (χ4n) is 1.54. The number of H-pyrrole nitrogens is 1. The van der Waals surface area contributed by atoms with Gasteiger partial charge in [-0.05, 0) is 6.92 Å². The van der Waals surface area contributed by atoms with E-state index in [4.69, 9.17) is 4.74 Å². The highest BCUT2D eigenvalue weighted by molar-refractivity contribution is 5.61. The molecule has 100 valence electrons. The van der Waals surface area contributed by atoms with Crippen molar-refractivity contribution in [3.63, 3.8) is 0 Å². The minimum atomic E-state index is -0.580. The summed E-state index contributed by atoms with van der Waals surface area (Å²) in [6, 6.07) is 0. The van der Waals surface area contributed by atoms with E-state index in [2.05, 4.69) is 25.5 Å². The van der Waals surface area contributed by atoms with Gasteiger partial charge >= 0.3 is 5.69 Å². The van der Waals surface area contributed by atoms with Crippen LogP contribution >= 0.6 is 0 Å². The fourth-order valence-corrected chi connectivity index (χ4v) is 1.54. The summed E-state index contributed by atoms with van der Waals surface area (Å²) >= 11 is 0. The molecule has 0 spiro atoms. The first kappa shape index (κ1) is 12.7. The van der Waals surface area contributed by atoms with Gasteiger partial charge in [0, 0.05) is 17.8 Å². The van der Waals surface area contributed by atoms with Gasteiger partial charge < -0.3 is 10.1 Å². The molecule has 0 radical (unpaired) electrons. The second-order valence-corrected chi connectivity index (χ2v) is 3.71. The SMILES string of the molecule is COc1ncnc(NCc2cn[nH]c2C)c1[N+](=O)[O-]. The number of aryl methyl sites for hydroxylation is 1. The Hall–Kier alpha value is -2.71. The van der Waals surface area contributed by atoms with E-state index in [0.29, 0.717) is 6.54 Å². The van der Waals surface area contributed by atoms with Crippen molar-refractivity contribution in [2.75, 3.05) is 12.4 Å². The molecule has 0 unspecified atom stereocenters. The first-order valence-electron chi connectivity index (χ1n) is 5.39. The second kappa shape index (κ2) is 5.29. The van der Waals surface area contributed by atoms with Crippen LogP contribution in [0.5, 0.6) is 5.88 Å². The molecule has 2 N–H and O–H groups in total. The summed E-state index contributed by atoms with van der Waals surface area (Å²) in [7, 11) is 1.32. The predicted octanol–water partition coefficient (Wildman–Crippen LogP) is 1.04. The van der Waals surface area contributed by atoms with E-state index in [1.807, 2.05) is 6.92 Å². The highest BCUT2D eigenvalue weighted by atomic mass is 16.6. The highest BCUT2D eigenvalue weighted by Gasteiger charge is 2.23. The molecule has 2 heterocycles. The van der Waals surface area contributed by atoms with E-state index in [0.717, 1.165) is 11.3 Å². The molecule has 9 heteroatoms. The number of aromatic amines is 1. The van der Waals surface area contributed by atoms with Gasteiger partial charge in [0.1, 0.15) is 6.33 Å². The van der Waals surface area contributed by atoms with Crippen LogP contribution < -0.4 is 10.1 Å². The van der Waals surface area contributed by atoms with Crippen molar-refractivity contribution in [3.8, 4) is 5.88 Å². The zero-order chi connectivity index (χ0) is 13.8. The average Bonchev–Trinajstić information content (AvgIpc) is 2.81.